The van der Waals surface area contributed by atoms with Gasteiger partial charge in [0.1, 0.15) is 5.69 Å². The molecule has 0 saturated carbocycles. The van der Waals surface area contributed by atoms with Crippen LogP contribution in [-0.4, -0.2) is 16.1 Å². The number of halogens is 2. The smallest absolute Gasteiger partial charge is 0.272 e. The lowest BCUT2D eigenvalue weighted by Crippen LogP contribution is -1.98. The van der Waals surface area contributed by atoms with Gasteiger partial charge in [0.25, 0.3) is 5.69 Å². The molecule has 100 valence electrons. The van der Waals surface area contributed by atoms with Gasteiger partial charge >= 0.3 is 5.69 Å². The molecule has 0 radical (unpaired) electrons. The first kappa shape index (κ1) is 14.9. The number of nitro benzene ring substituents is 2. The third-order valence-electron chi connectivity index (χ3n) is 1.87. The van der Waals surface area contributed by atoms with Gasteiger partial charge in [0.2, 0.25) is 0 Å². The number of allylic oxidation sites excluding steroid dienone is 1. The monoisotopic (exact) mass is 304 g/mol. The Morgan fingerprint density at radius 3 is 2.53 bits per heavy atom. The molecule has 0 aliphatic heterocycles. The van der Waals surface area contributed by atoms with E-state index in [4.69, 9.17) is 23.2 Å². The molecule has 19 heavy (non-hydrogen) atoms. The number of non-ortho nitro benzene ring substituents is 1. The van der Waals surface area contributed by atoms with Crippen LogP contribution in [0.2, 0.25) is 0 Å². The van der Waals surface area contributed by atoms with Crippen molar-refractivity contribution in [2.24, 2.45) is 5.10 Å². The van der Waals surface area contributed by atoms with Crippen LogP contribution in [-0.2, 0) is 0 Å². The van der Waals surface area contributed by atoms with Gasteiger partial charge < -0.3 is 0 Å². The summed E-state index contributed by atoms with van der Waals surface area (Å²) in [5, 5.41) is 25.0. The van der Waals surface area contributed by atoms with E-state index in [1.165, 1.54) is 6.07 Å². The van der Waals surface area contributed by atoms with Gasteiger partial charge in [-0.2, -0.15) is 5.10 Å². The number of nitrogens with one attached hydrogen (secondary N) is 1. The number of benzene rings is 1. The van der Waals surface area contributed by atoms with Gasteiger partial charge in [0.15, 0.2) is 0 Å². The fourth-order valence-corrected chi connectivity index (χ4v) is 1.18. The average molecular weight is 305 g/mol. The van der Waals surface area contributed by atoms with Gasteiger partial charge in [-0.1, -0.05) is 23.2 Å². The second-order valence-corrected chi connectivity index (χ2v) is 3.73. The third kappa shape index (κ3) is 4.19. The summed E-state index contributed by atoms with van der Waals surface area (Å²) in [4.78, 5) is 19.8. The van der Waals surface area contributed by atoms with Gasteiger partial charge in [0, 0.05) is 11.6 Å². The highest BCUT2D eigenvalue weighted by Crippen LogP contribution is 2.28. The first-order valence-corrected chi connectivity index (χ1v) is 5.45. The Hall–Kier alpha value is -2.19. The van der Waals surface area contributed by atoms with Crippen molar-refractivity contribution in [3.63, 3.8) is 0 Å². The highest BCUT2D eigenvalue weighted by molar-refractivity contribution is 6.44. The van der Waals surface area contributed by atoms with E-state index in [0.717, 1.165) is 23.9 Å². The van der Waals surface area contributed by atoms with Crippen LogP contribution in [0.5, 0.6) is 0 Å². The van der Waals surface area contributed by atoms with Crippen molar-refractivity contribution in [3.8, 4) is 0 Å². The zero-order valence-electron chi connectivity index (χ0n) is 9.12. The maximum Gasteiger partial charge on any atom is 0.301 e. The van der Waals surface area contributed by atoms with E-state index in [2.05, 4.69) is 10.5 Å². The molecule has 0 unspecified atom stereocenters. The Morgan fingerprint density at radius 1 is 1.32 bits per heavy atom. The summed E-state index contributed by atoms with van der Waals surface area (Å²) in [6.45, 7) is 0. The first-order valence-electron chi connectivity index (χ1n) is 4.63. The van der Waals surface area contributed by atoms with Gasteiger partial charge in [-0.25, -0.2) is 0 Å². The molecule has 1 rings (SSSR count). The molecule has 1 aromatic rings. The molecule has 0 aromatic heterocycles. The van der Waals surface area contributed by atoms with Crippen LogP contribution in [0.1, 0.15) is 0 Å². The lowest BCUT2D eigenvalue weighted by molar-refractivity contribution is -0.393. The summed E-state index contributed by atoms with van der Waals surface area (Å²) in [6.07, 6.45) is 1.12. The van der Waals surface area contributed by atoms with Crippen molar-refractivity contribution in [2.45, 2.75) is 0 Å². The minimum atomic E-state index is -0.760. The molecular weight excluding hydrogens is 299 g/mol. The standard InChI is InChI=1S/C9H6Cl2N4O4/c10-4-6(11)5-12-13-8-2-1-7(14(16)17)3-9(8)15(18)19/h1-5,13H/b6-4+,12-5+. The fraction of sp³-hybridized carbons (Fsp3) is 0. The second kappa shape index (κ2) is 6.66. The zero-order valence-corrected chi connectivity index (χ0v) is 10.6. The summed E-state index contributed by atoms with van der Waals surface area (Å²) in [7, 11) is 0. The predicted octanol–water partition coefficient (Wildman–Crippen LogP) is 3.22. The molecule has 0 amide bonds. The summed E-state index contributed by atoms with van der Waals surface area (Å²) < 4.78 is 0. The summed E-state index contributed by atoms with van der Waals surface area (Å²) in [5.74, 6) is 0. The number of nitro groups is 2. The number of hydrazone groups is 1. The SMILES string of the molecule is O=[N+]([O-])c1ccc(N/N=C/C(Cl)=C\Cl)c([N+](=O)[O-])c1. The highest BCUT2D eigenvalue weighted by Gasteiger charge is 2.18. The van der Waals surface area contributed by atoms with Crippen LogP contribution in [0.15, 0.2) is 33.9 Å². The van der Waals surface area contributed by atoms with Crippen molar-refractivity contribution in [1.29, 1.82) is 0 Å². The van der Waals surface area contributed by atoms with Crippen LogP contribution in [0.25, 0.3) is 0 Å². The molecule has 0 aliphatic carbocycles. The van der Waals surface area contributed by atoms with E-state index in [0.29, 0.717) is 0 Å². The van der Waals surface area contributed by atoms with Gasteiger partial charge in [-0.15, -0.1) is 0 Å². The Morgan fingerprint density at radius 2 is 2.00 bits per heavy atom. The Balaban J connectivity index is 3.04. The Kier molecular flexibility index (Phi) is 5.22. The third-order valence-corrected chi connectivity index (χ3v) is 2.42. The summed E-state index contributed by atoms with van der Waals surface area (Å²) in [5.41, 5.74) is 2.53. The molecule has 1 aromatic carbocycles. The molecule has 8 nitrogen and oxygen atoms in total. The largest absolute Gasteiger partial charge is 0.301 e. The van der Waals surface area contributed by atoms with Crippen molar-refractivity contribution < 1.29 is 9.85 Å². The molecule has 0 bridgehead atoms. The maximum absolute atomic E-state index is 10.8. The van der Waals surface area contributed by atoms with Gasteiger partial charge in [-0.3, -0.25) is 25.7 Å². The Bertz CT molecular complexity index is 573. The van der Waals surface area contributed by atoms with Crippen molar-refractivity contribution in [2.75, 3.05) is 5.43 Å². The van der Waals surface area contributed by atoms with E-state index in [9.17, 15) is 20.2 Å². The van der Waals surface area contributed by atoms with Crippen molar-refractivity contribution in [1.82, 2.24) is 0 Å². The van der Waals surface area contributed by atoms with Gasteiger partial charge in [-0.05, 0) is 6.07 Å². The van der Waals surface area contributed by atoms with E-state index in [1.807, 2.05) is 0 Å². The molecule has 0 aliphatic rings. The minimum absolute atomic E-state index is 0.00844. The molecule has 0 spiro atoms. The molecule has 0 fully saturated rings. The molecular formula is C9H6Cl2N4O4. The fourth-order valence-electron chi connectivity index (χ4n) is 1.07. The van der Waals surface area contributed by atoms with Crippen LogP contribution >= 0.6 is 23.2 Å². The minimum Gasteiger partial charge on any atom is -0.272 e. The van der Waals surface area contributed by atoms with Crippen LogP contribution < -0.4 is 5.43 Å². The number of rotatable bonds is 5. The first-order chi connectivity index (χ1) is 8.95. The number of nitrogens with zero attached hydrogens (tertiary/aromatic N) is 3. The molecule has 0 atom stereocenters. The van der Waals surface area contributed by atoms with E-state index >= 15 is 0 Å². The van der Waals surface area contributed by atoms with E-state index < -0.39 is 15.5 Å². The summed E-state index contributed by atoms with van der Waals surface area (Å²) in [6, 6.07) is 3.12. The maximum atomic E-state index is 10.8. The number of hydrogen-bond acceptors (Lipinski definition) is 6. The predicted molar refractivity (Wildman–Crippen MR) is 71.7 cm³/mol. The molecule has 0 heterocycles. The van der Waals surface area contributed by atoms with E-state index in [1.54, 1.807) is 0 Å². The Labute approximate surface area is 116 Å². The van der Waals surface area contributed by atoms with Crippen LogP contribution in [0, 0.1) is 20.2 Å². The zero-order chi connectivity index (χ0) is 14.4. The highest BCUT2D eigenvalue weighted by atomic mass is 35.5. The van der Waals surface area contributed by atoms with Crippen LogP contribution in [0.4, 0.5) is 17.1 Å². The number of hydrogen-bond donors (Lipinski definition) is 1. The normalized spacial score (nSPS) is 11.6. The van der Waals surface area contributed by atoms with Crippen LogP contribution in [0.3, 0.4) is 0 Å². The lowest BCUT2D eigenvalue weighted by Gasteiger charge is -2.01. The average Bonchev–Trinajstić information content (AvgIpc) is 2.38. The topological polar surface area (TPSA) is 111 Å². The second-order valence-electron chi connectivity index (χ2n) is 3.08. The molecule has 1 N–H and O–H groups in total. The quantitative estimate of drug-likeness (QED) is 0.510. The van der Waals surface area contributed by atoms with Crippen molar-refractivity contribution in [3.05, 3.63) is 49.0 Å². The van der Waals surface area contributed by atoms with Gasteiger partial charge in [0.05, 0.1) is 27.2 Å². The number of anilines is 1. The summed E-state index contributed by atoms with van der Waals surface area (Å²) >= 11 is 10.8. The molecule has 0 saturated heterocycles. The lowest BCUT2D eigenvalue weighted by atomic mass is 10.2. The molecule has 10 heteroatoms. The van der Waals surface area contributed by atoms with E-state index in [-0.39, 0.29) is 16.4 Å². The van der Waals surface area contributed by atoms with Crippen molar-refractivity contribution >= 4 is 46.5 Å².